The van der Waals surface area contributed by atoms with Crippen molar-refractivity contribution in [2.45, 2.75) is 0 Å². The number of cyclic esters (lactones) is 1. The van der Waals surface area contributed by atoms with E-state index in [9.17, 15) is 9.59 Å². The topological polar surface area (TPSA) is 78.1 Å². The van der Waals surface area contributed by atoms with Crippen molar-refractivity contribution >= 4 is 79.0 Å². The molecule has 0 atom stereocenters. The van der Waals surface area contributed by atoms with Crippen molar-refractivity contribution < 1.29 is 23.5 Å². The van der Waals surface area contributed by atoms with E-state index < -0.39 is 11.9 Å². The van der Waals surface area contributed by atoms with Crippen LogP contribution in [0, 0.1) is 0 Å². The summed E-state index contributed by atoms with van der Waals surface area (Å²) in [7, 11) is 0. The normalized spacial score (nSPS) is 14.5. The van der Waals surface area contributed by atoms with Crippen LogP contribution in [0.1, 0.15) is 21.7 Å². The molecule has 6 nitrogen and oxygen atoms in total. The second-order valence-electron chi connectivity index (χ2n) is 6.13. The van der Waals surface area contributed by atoms with Crippen LogP contribution in [0.25, 0.3) is 6.08 Å². The molecular formula is C21H9Br2Cl2NO5. The standard InChI is InChI=1S/C21H9Br2Cl2NO5/c22-11-6-10(7-16-21(28)31-19(26-16)17-2-1-5-29-17)18(14(23)8-11)30-20(27)13-4-3-12(24)9-15(13)25/h1-9H/b16-7+. The molecule has 0 aliphatic carbocycles. The zero-order valence-electron chi connectivity index (χ0n) is 15.2. The summed E-state index contributed by atoms with van der Waals surface area (Å²) < 4.78 is 17.1. The van der Waals surface area contributed by atoms with Crippen molar-refractivity contribution in [2.24, 2.45) is 4.99 Å². The molecule has 1 aliphatic heterocycles. The molecule has 10 heteroatoms. The van der Waals surface area contributed by atoms with Gasteiger partial charge in [0.1, 0.15) is 0 Å². The maximum absolute atomic E-state index is 12.7. The van der Waals surface area contributed by atoms with Gasteiger partial charge in [-0.25, -0.2) is 14.6 Å². The average Bonchev–Trinajstić information content (AvgIpc) is 3.34. The third-order valence-corrected chi connectivity index (χ3v) is 5.62. The van der Waals surface area contributed by atoms with Gasteiger partial charge in [-0.15, -0.1) is 0 Å². The summed E-state index contributed by atoms with van der Waals surface area (Å²) in [5.41, 5.74) is 0.548. The van der Waals surface area contributed by atoms with Crippen molar-refractivity contribution in [2.75, 3.05) is 0 Å². The smallest absolute Gasteiger partial charge is 0.363 e. The molecule has 3 aromatic rings. The third kappa shape index (κ3) is 4.77. The van der Waals surface area contributed by atoms with Crippen LogP contribution >= 0.6 is 55.1 Å². The molecular weight excluding hydrogens is 577 g/mol. The fraction of sp³-hybridized carbons (Fsp3) is 0. The molecule has 156 valence electrons. The van der Waals surface area contributed by atoms with Crippen LogP contribution in [-0.4, -0.2) is 17.8 Å². The fourth-order valence-corrected chi connectivity index (χ4v) is 4.48. The lowest BCUT2D eigenvalue weighted by Gasteiger charge is -2.12. The predicted molar refractivity (Wildman–Crippen MR) is 123 cm³/mol. The molecule has 2 heterocycles. The number of benzene rings is 2. The number of ether oxygens (including phenoxy) is 2. The van der Waals surface area contributed by atoms with Crippen LogP contribution < -0.4 is 4.74 Å². The monoisotopic (exact) mass is 583 g/mol. The molecule has 31 heavy (non-hydrogen) atoms. The molecule has 0 saturated carbocycles. The number of carbonyl (C=O) groups is 2. The Morgan fingerprint density at radius 1 is 1.13 bits per heavy atom. The van der Waals surface area contributed by atoms with Crippen LogP contribution in [-0.2, 0) is 9.53 Å². The molecule has 0 radical (unpaired) electrons. The molecule has 2 aromatic carbocycles. The van der Waals surface area contributed by atoms with Gasteiger partial charge in [0.2, 0.25) is 0 Å². The first-order valence-corrected chi connectivity index (χ1v) is 10.9. The molecule has 0 fully saturated rings. The Kier molecular flexibility index (Phi) is 6.34. The fourth-order valence-electron chi connectivity index (χ4n) is 2.66. The van der Waals surface area contributed by atoms with Gasteiger partial charge in [0, 0.05) is 15.1 Å². The van der Waals surface area contributed by atoms with E-state index in [1.807, 2.05) is 0 Å². The number of furan rings is 1. The van der Waals surface area contributed by atoms with Crippen molar-refractivity contribution in [1.82, 2.24) is 0 Å². The van der Waals surface area contributed by atoms with E-state index in [-0.39, 0.29) is 27.9 Å². The number of rotatable bonds is 4. The highest BCUT2D eigenvalue weighted by molar-refractivity contribution is 9.11. The SMILES string of the molecule is O=C1OC(c2ccco2)=N/C1=C/c1cc(Br)cc(Br)c1OC(=O)c1ccc(Cl)cc1Cl. The van der Waals surface area contributed by atoms with Gasteiger partial charge in [-0.1, -0.05) is 39.1 Å². The van der Waals surface area contributed by atoms with Crippen LogP contribution in [0.2, 0.25) is 10.0 Å². The highest BCUT2D eigenvalue weighted by Crippen LogP contribution is 2.36. The first kappa shape index (κ1) is 21.8. The van der Waals surface area contributed by atoms with E-state index in [0.29, 0.717) is 25.3 Å². The summed E-state index contributed by atoms with van der Waals surface area (Å²) in [6.07, 6.45) is 2.89. The number of aliphatic imine (C=N–C) groups is 1. The minimum atomic E-state index is -0.696. The predicted octanol–water partition coefficient (Wildman–Crippen LogP) is 6.68. The van der Waals surface area contributed by atoms with E-state index in [2.05, 4.69) is 36.9 Å². The highest BCUT2D eigenvalue weighted by Gasteiger charge is 2.27. The summed E-state index contributed by atoms with van der Waals surface area (Å²) in [5, 5.41) is 0.541. The molecule has 0 unspecified atom stereocenters. The largest absolute Gasteiger partial charge is 0.459 e. The highest BCUT2D eigenvalue weighted by atomic mass is 79.9. The van der Waals surface area contributed by atoms with Crippen molar-refractivity contribution in [3.8, 4) is 5.75 Å². The van der Waals surface area contributed by atoms with Gasteiger partial charge in [-0.3, -0.25) is 0 Å². The number of esters is 2. The molecule has 1 aliphatic rings. The summed E-state index contributed by atoms with van der Waals surface area (Å²) >= 11 is 18.8. The van der Waals surface area contributed by atoms with Crippen LogP contribution in [0.4, 0.5) is 0 Å². The number of carbonyl (C=O) groups excluding carboxylic acids is 2. The molecule has 0 spiro atoms. The third-order valence-electron chi connectivity index (χ3n) is 4.03. The lowest BCUT2D eigenvalue weighted by Crippen LogP contribution is -2.10. The number of halogens is 4. The summed E-state index contributed by atoms with van der Waals surface area (Å²) in [6, 6.07) is 11.1. The lowest BCUT2D eigenvalue weighted by molar-refractivity contribution is -0.130. The first-order chi connectivity index (χ1) is 14.8. The van der Waals surface area contributed by atoms with Gasteiger partial charge in [0.15, 0.2) is 17.2 Å². The molecule has 4 rings (SSSR count). The Balaban J connectivity index is 1.71. The zero-order valence-corrected chi connectivity index (χ0v) is 19.9. The molecule has 0 bridgehead atoms. The minimum absolute atomic E-state index is 0.0122. The van der Waals surface area contributed by atoms with Gasteiger partial charge in [-0.2, -0.15) is 0 Å². The first-order valence-electron chi connectivity index (χ1n) is 8.54. The number of hydrogen-bond acceptors (Lipinski definition) is 6. The number of hydrogen-bond donors (Lipinski definition) is 0. The van der Waals surface area contributed by atoms with Crippen LogP contribution in [0.15, 0.2) is 72.8 Å². The van der Waals surface area contributed by atoms with E-state index in [1.54, 1.807) is 24.3 Å². The van der Waals surface area contributed by atoms with Crippen LogP contribution in [0.3, 0.4) is 0 Å². The van der Waals surface area contributed by atoms with E-state index >= 15 is 0 Å². The van der Waals surface area contributed by atoms with Gasteiger partial charge in [-0.05, 0) is 64.5 Å². The van der Waals surface area contributed by atoms with Gasteiger partial charge in [0.25, 0.3) is 5.90 Å². The van der Waals surface area contributed by atoms with Crippen molar-refractivity contribution in [1.29, 1.82) is 0 Å². The molecule has 0 amide bonds. The van der Waals surface area contributed by atoms with Crippen LogP contribution in [0.5, 0.6) is 5.75 Å². The van der Waals surface area contributed by atoms with E-state index in [1.165, 1.54) is 30.5 Å². The Morgan fingerprint density at radius 2 is 1.94 bits per heavy atom. The quantitative estimate of drug-likeness (QED) is 0.194. The van der Waals surface area contributed by atoms with Gasteiger partial charge in [0.05, 0.1) is 21.3 Å². The van der Waals surface area contributed by atoms with Crippen molar-refractivity contribution in [3.05, 3.63) is 90.3 Å². The second kappa shape index (κ2) is 9.00. The zero-order chi connectivity index (χ0) is 22.1. The number of nitrogens with zero attached hydrogens (tertiary/aromatic N) is 1. The molecule has 0 N–H and O–H groups in total. The van der Waals surface area contributed by atoms with E-state index in [0.717, 1.165) is 0 Å². The van der Waals surface area contributed by atoms with E-state index in [4.69, 9.17) is 37.1 Å². The maximum Gasteiger partial charge on any atom is 0.363 e. The Bertz CT molecular complexity index is 1270. The Labute approximate surface area is 202 Å². The minimum Gasteiger partial charge on any atom is -0.459 e. The maximum atomic E-state index is 12.7. The second-order valence-corrected chi connectivity index (χ2v) is 8.75. The lowest BCUT2D eigenvalue weighted by atomic mass is 10.1. The van der Waals surface area contributed by atoms with Crippen molar-refractivity contribution in [3.63, 3.8) is 0 Å². The molecule has 1 aromatic heterocycles. The Morgan fingerprint density at radius 3 is 2.65 bits per heavy atom. The van der Waals surface area contributed by atoms with Gasteiger partial charge < -0.3 is 13.9 Å². The summed E-state index contributed by atoms with van der Waals surface area (Å²) in [6.45, 7) is 0. The summed E-state index contributed by atoms with van der Waals surface area (Å²) in [5.74, 6) is -0.835. The van der Waals surface area contributed by atoms with Gasteiger partial charge >= 0.3 is 11.9 Å². The Hall–Kier alpha value is -2.39. The molecule has 0 saturated heterocycles. The average molecular weight is 586 g/mol. The summed E-state index contributed by atoms with van der Waals surface area (Å²) in [4.78, 5) is 29.2.